The molecule has 0 aliphatic heterocycles. The smallest absolute Gasteiger partial charge is 0.458 e. The van der Waals surface area contributed by atoms with Crippen molar-refractivity contribution in [3.05, 3.63) is 33.9 Å². The zero-order chi connectivity index (χ0) is 18.0. The third-order valence-electron chi connectivity index (χ3n) is 2.57. The fourth-order valence-electron chi connectivity index (χ4n) is 1.46. The molecule has 1 aromatic carbocycles. The number of carbonyl (C=O) groups excluding carboxylic acids is 1. The molecule has 1 amide bonds. The van der Waals surface area contributed by atoms with Crippen LogP contribution in [0.5, 0.6) is 0 Å². The van der Waals surface area contributed by atoms with E-state index in [9.17, 15) is 37.3 Å². The zero-order valence-corrected chi connectivity index (χ0v) is 11.2. The average Bonchev–Trinajstić information content (AvgIpc) is 2.44. The number of carbonyl (C=O) groups is 2. The normalized spacial score (nSPS) is 14.0. The Hall–Kier alpha value is -2.76. The number of rotatable bonds is 5. The van der Waals surface area contributed by atoms with E-state index in [0.29, 0.717) is 25.3 Å². The second-order valence-electron chi connectivity index (χ2n) is 4.08. The van der Waals surface area contributed by atoms with Gasteiger partial charge in [0.05, 0.1) is 10.5 Å². The summed E-state index contributed by atoms with van der Waals surface area (Å²) < 4.78 is 54.7. The lowest BCUT2D eigenvalue weighted by molar-refractivity contribution is -0.384. The van der Waals surface area contributed by atoms with Gasteiger partial charge in [-0.25, -0.2) is 4.79 Å². The highest BCUT2D eigenvalue weighted by molar-refractivity contribution is 5.98. The van der Waals surface area contributed by atoms with Crippen LogP contribution < -0.4 is 5.32 Å². The SMILES string of the molecule is CO[C@](F)(C(=O)Nc1cc(C(=O)O)cc([N+](=O)[O-])c1)C(F)(F)F. The van der Waals surface area contributed by atoms with Crippen molar-refractivity contribution in [1.29, 1.82) is 0 Å². The summed E-state index contributed by atoms with van der Waals surface area (Å²) in [6.07, 6.45) is -5.72. The van der Waals surface area contributed by atoms with Crippen molar-refractivity contribution in [3.8, 4) is 0 Å². The molecule has 0 aromatic heterocycles. The second kappa shape index (κ2) is 6.16. The minimum absolute atomic E-state index is 0.295. The lowest BCUT2D eigenvalue weighted by Gasteiger charge is -2.24. The summed E-state index contributed by atoms with van der Waals surface area (Å²) in [6, 6.07) is 1.80. The molecule has 0 unspecified atom stereocenters. The number of methoxy groups -OCH3 is 1. The molecule has 0 aliphatic rings. The molecule has 126 valence electrons. The van der Waals surface area contributed by atoms with Crippen LogP contribution in [-0.4, -0.2) is 41.0 Å². The zero-order valence-electron chi connectivity index (χ0n) is 11.2. The maximum absolute atomic E-state index is 13.6. The molecule has 0 aliphatic carbocycles. The number of hydrogen-bond donors (Lipinski definition) is 2. The van der Waals surface area contributed by atoms with E-state index in [1.54, 1.807) is 0 Å². The van der Waals surface area contributed by atoms with Crippen LogP contribution in [0.3, 0.4) is 0 Å². The predicted octanol–water partition coefficient (Wildman–Crippen LogP) is 2.11. The number of nitro benzene ring substituents is 1. The Morgan fingerprint density at radius 2 is 1.83 bits per heavy atom. The largest absolute Gasteiger partial charge is 0.478 e. The molecule has 12 heteroatoms. The molecule has 1 rings (SSSR count). The van der Waals surface area contributed by atoms with E-state index >= 15 is 0 Å². The number of amides is 1. The quantitative estimate of drug-likeness (QED) is 0.481. The lowest BCUT2D eigenvalue weighted by Crippen LogP contribution is -2.52. The fourth-order valence-corrected chi connectivity index (χ4v) is 1.46. The molecular formula is C11H8F4N2O6. The van der Waals surface area contributed by atoms with Gasteiger partial charge in [-0.2, -0.15) is 17.6 Å². The van der Waals surface area contributed by atoms with E-state index in [1.807, 2.05) is 0 Å². The lowest BCUT2D eigenvalue weighted by atomic mass is 10.1. The summed E-state index contributed by atoms with van der Waals surface area (Å²) in [5, 5.41) is 20.8. The fraction of sp³-hybridized carbons (Fsp3) is 0.273. The molecule has 0 saturated carbocycles. The maximum atomic E-state index is 13.6. The summed E-state index contributed by atoms with van der Waals surface area (Å²) in [5.41, 5.74) is -2.23. The number of nitrogens with one attached hydrogen (secondary N) is 1. The molecule has 0 spiro atoms. The number of non-ortho nitro benzene ring substituents is 1. The van der Waals surface area contributed by atoms with Crippen molar-refractivity contribution in [3.63, 3.8) is 0 Å². The number of alkyl halides is 4. The predicted molar refractivity (Wildman–Crippen MR) is 65.6 cm³/mol. The van der Waals surface area contributed by atoms with Gasteiger partial charge in [0.2, 0.25) is 0 Å². The van der Waals surface area contributed by atoms with Crippen LogP contribution >= 0.6 is 0 Å². The van der Waals surface area contributed by atoms with Crippen molar-refractivity contribution < 1.29 is 41.9 Å². The molecule has 0 fully saturated rings. The van der Waals surface area contributed by atoms with E-state index in [1.165, 1.54) is 5.32 Å². The monoisotopic (exact) mass is 340 g/mol. The van der Waals surface area contributed by atoms with Gasteiger partial charge < -0.3 is 15.2 Å². The maximum Gasteiger partial charge on any atom is 0.458 e. The molecule has 8 nitrogen and oxygen atoms in total. The Bertz CT molecular complexity index is 630. The Labute approximate surface area is 124 Å². The van der Waals surface area contributed by atoms with Crippen LogP contribution in [0.15, 0.2) is 18.2 Å². The number of aromatic carboxylic acids is 1. The highest BCUT2D eigenvalue weighted by Crippen LogP contribution is 2.36. The first-order valence-corrected chi connectivity index (χ1v) is 5.57. The number of anilines is 1. The number of nitrogens with zero attached hydrogens (tertiary/aromatic N) is 1. The van der Waals surface area contributed by atoms with Gasteiger partial charge in [0, 0.05) is 24.9 Å². The number of carboxylic acids is 1. The Morgan fingerprint density at radius 1 is 1.26 bits per heavy atom. The summed E-state index contributed by atoms with van der Waals surface area (Å²) in [7, 11) is 0.295. The van der Waals surface area contributed by atoms with E-state index < -0.39 is 45.8 Å². The topological polar surface area (TPSA) is 119 Å². The van der Waals surface area contributed by atoms with Crippen LogP contribution in [0.25, 0.3) is 0 Å². The van der Waals surface area contributed by atoms with Crippen molar-refractivity contribution >= 4 is 23.3 Å². The second-order valence-corrected chi connectivity index (χ2v) is 4.08. The van der Waals surface area contributed by atoms with Crippen LogP contribution in [0.2, 0.25) is 0 Å². The van der Waals surface area contributed by atoms with E-state index in [-0.39, 0.29) is 0 Å². The first kappa shape index (κ1) is 18.3. The highest BCUT2D eigenvalue weighted by Gasteiger charge is 2.63. The number of ether oxygens (including phenoxy) is 1. The van der Waals surface area contributed by atoms with Crippen molar-refractivity contribution in [1.82, 2.24) is 0 Å². The van der Waals surface area contributed by atoms with Gasteiger partial charge in [-0.05, 0) is 6.07 Å². The summed E-state index contributed by atoms with van der Waals surface area (Å²) >= 11 is 0. The average molecular weight is 340 g/mol. The Kier molecular flexibility index (Phi) is 4.90. The van der Waals surface area contributed by atoms with Crippen LogP contribution in [-0.2, 0) is 9.53 Å². The van der Waals surface area contributed by atoms with Crippen LogP contribution in [0, 0.1) is 10.1 Å². The van der Waals surface area contributed by atoms with Gasteiger partial charge in [0.1, 0.15) is 0 Å². The third-order valence-corrected chi connectivity index (χ3v) is 2.57. The first-order chi connectivity index (χ1) is 10.4. The first-order valence-electron chi connectivity index (χ1n) is 5.57. The summed E-state index contributed by atoms with van der Waals surface area (Å²) in [6.45, 7) is 0. The summed E-state index contributed by atoms with van der Waals surface area (Å²) in [5.74, 6) is -8.66. The van der Waals surface area contributed by atoms with Gasteiger partial charge in [-0.15, -0.1) is 0 Å². The summed E-state index contributed by atoms with van der Waals surface area (Å²) in [4.78, 5) is 31.8. The molecule has 23 heavy (non-hydrogen) atoms. The van der Waals surface area contributed by atoms with Gasteiger partial charge in [0.25, 0.3) is 11.6 Å². The number of carboxylic acid groups (broad SMARTS) is 1. The minimum atomic E-state index is -5.72. The molecule has 0 saturated heterocycles. The number of nitro groups is 1. The Balaban J connectivity index is 3.25. The molecule has 0 heterocycles. The van der Waals surface area contributed by atoms with Crippen molar-refractivity contribution in [2.45, 2.75) is 12.0 Å². The van der Waals surface area contributed by atoms with Gasteiger partial charge in [-0.3, -0.25) is 14.9 Å². The third kappa shape index (κ3) is 3.71. The standard InChI is InChI=1S/C11H8F4N2O6/c1-23-10(12,11(13,14)15)9(20)16-6-2-5(8(18)19)3-7(4-6)17(21)22/h2-4H,1H3,(H,16,20)(H,18,19)/t10-/m1/s1. The van der Waals surface area contributed by atoms with Gasteiger partial charge in [0.15, 0.2) is 0 Å². The van der Waals surface area contributed by atoms with Crippen LogP contribution in [0.1, 0.15) is 10.4 Å². The van der Waals surface area contributed by atoms with E-state index in [4.69, 9.17) is 5.11 Å². The van der Waals surface area contributed by atoms with Crippen molar-refractivity contribution in [2.24, 2.45) is 0 Å². The van der Waals surface area contributed by atoms with E-state index in [0.717, 1.165) is 0 Å². The minimum Gasteiger partial charge on any atom is -0.478 e. The molecule has 1 atom stereocenters. The van der Waals surface area contributed by atoms with Crippen LogP contribution in [0.4, 0.5) is 28.9 Å². The highest BCUT2D eigenvalue weighted by atomic mass is 19.4. The Morgan fingerprint density at radius 3 is 2.22 bits per heavy atom. The number of halogens is 4. The van der Waals surface area contributed by atoms with Gasteiger partial charge in [-0.1, -0.05) is 0 Å². The van der Waals surface area contributed by atoms with Gasteiger partial charge >= 0.3 is 18.0 Å². The molecular weight excluding hydrogens is 332 g/mol. The molecule has 1 aromatic rings. The molecule has 0 radical (unpaired) electrons. The number of hydrogen-bond acceptors (Lipinski definition) is 5. The van der Waals surface area contributed by atoms with E-state index in [2.05, 4.69) is 4.74 Å². The van der Waals surface area contributed by atoms with Crippen molar-refractivity contribution in [2.75, 3.05) is 12.4 Å². The number of benzene rings is 1. The molecule has 0 bridgehead atoms. The molecule has 2 N–H and O–H groups in total.